The number of hydrogen-bond donors (Lipinski definition) is 0. The maximum absolute atomic E-state index is 4.97. The van der Waals surface area contributed by atoms with Crippen molar-refractivity contribution in [2.45, 2.75) is 0 Å². The zero-order valence-electron chi connectivity index (χ0n) is 4.80. The molecule has 1 aromatic heterocycles. The molecule has 0 saturated carbocycles. The third kappa shape index (κ3) is 11.5. The van der Waals surface area contributed by atoms with E-state index in [1.807, 2.05) is 18.2 Å². The minimum Gasteiger partial charge on any atom is -0.265 e. The van der Waals surface area contributed by atoms with Gasteiger partial charge < -0.3 is 0 Å². The Kier molecular flexibility index (Phi) is 8.29. The molecule has 0 N–H and O–H groups in total. The van der Waals surface area contributed by atoms with Crippen molar-refractivity contribution in [1.29, 1.82) is 0 Å². The van der Waals surface area contributed by atoms with Crippen LogP contribution in [0.25, 0.3) is 0 Å². The summed E-state index contributed by atoms with van der Waals surface area (Å²) in [7, 11) is 14.9. The fourth-order valence-corrected chi connectivity index (χ4v) is 0.313. The van der Waals surface area contributed by atoms with Crippen molar-refractivity contribution in [3.05, 3.63) is 30.6 Å². The summed E-state index contributed by atoms with van der Waals surface area (Å²) in [5.74, 6) is 0. The summed E-state index contributed by atoms with van der Waals surface area (Å²) in [6, 6.07) is 5.72. The van der Waals surface area contributed by atoms with E-state index in [1.165, 1.54) is 0 Å². The van der Waals surface area contributed by atoms with Crippen molar-refractivity contribution in [2.24, 2.45) is 0 Å². The van der Waals surface area contributed by atoms with Gasteiger partial charge in [-0.15, -0.1) is 0 Å². The quantitative estimate of drug-likeness (QED) is 0.677. The van der Waals surface area contributed by atoms with Gasteiger partial charge in [0.15, 0.2) is 0 Å². The molecule has 0 aromatic carbocycles. The Balaban J connectivity index is 0.000000180. The van der Waals surface area contributed by atoms with E-state index in [4.69, 9.17) is 28.8 Å². The monoisotopic (exact) mass is 377 g/mol. The average Bonchev–Trinajstić information content (AvgIpc) is 1.90. The molecule has 0 aliphatic heterocycles. The fraction of sp³-hybridized carbons (Fsp3) is 0. The van der Waals surface area contributed by atoms with E-state index in [0.717, 1.165) is 0 Å². The topological polar surface area (TPSA) is 12.9 Å². The molecule has 0 saturated heterocycles. The van der Waals surface area contributed by atoms with Gasteiger partial charge in [-0.25, -0.2) is 0 Å². The van der Waals surface area contributed by atoms with Crippen molar-refractivity contribution in [2.75, 3.05) is 0 Å². The van der Waals surface area contributed by atoms with Gasteiger partial charge >= 0.3 is 42.2 Å². The van der Waals surface area contributed by atoms with Crippen LogP contribution in [0.3, 0.4) is 0 Å². The summed E-state index contributed by atoms with van der Waals surface area (Å²) in [5, 5.41) is 0. The smallest absolute Gasteiger partial charge is 0.0267 e. The van der Waals surface area contributed by atoms with Crippen LogP contribution in [0.2, 0.25) is 0 Å². The number of halogens is 3. The van der Waals surface area contributed by atoms with Crippen molar-refractivity contribution >= 4 is 28.8 Å². The van der Waals surface area contributed by atoms with Crippen LogP contribution in [-0.4, -0.2) is 4.98 Å². The molecule has 0 bridgehead atoms. The predicted octanol–water partition coefficient (Wildman–Crippen LogP) is 3.15. The first kappa shape index (κ1) is 10.7. The molecule has 0 aliphatic rings. The molecule has 1 aromatic rings. The van der Waals surface area contributed by atoms with Crippen LogP contribution in [0.4, 0.5) is 0 Å². The standard InChI is InChI=1S/C5H5N.3ClH.Ir/c1-2-4-6-5-3-1;;;;/h1-5H;3*1H;/q;;;;+3/p-3. The van der Waals surface area contributed by atoms with E-state index >= 15 is 0 Å². The van der Waals surface area contributed by atoms with Gasteiger partial charge in [0.2, 0.25) is 0 Å². The first-order valence-corrected chi connectivity index (χ1v) is 11.1. The van der Waals surface area contributed by atoms with Crippen molar-refractivity contribution in [3.63, 3.8) is 0 Å². The van der Waals surface area contributed by atoms with Gasteiger partial charge in [0.05, 0.1) is 0 Å². The van der Waals surface area contributed by atoms with E-state index in [9.17, 15) is 0 Å². The molecule has 0 aliphatic carbocycles. The van der Waals surface area contributed by atoms with E-state index in [-0.39, 0.29) is 0 Å². The Hall–Kier alpha value is 0.669. The van der Waals surface area contributed by atoms with Gasteiger partial charge in [0, 0.05) is 12.4 Å². The number of hydrogen-bond acceptors (Lipinski definition) is 1. The molecule has 1 heterocycles. The summed E-state index contributed by atoms with van der Waals surface area (Å²) < 4.78 is 0. The average molecular weight is 378 g/mol. The van der Waals surface area contributed by atoms with Crippen LogP contribution in [0.1, 0.15) is 0 Å². The van der Waals surface area contributed by atoms with Crippen LogP contribution in [0.5, 0.6) is 0 Å². The van der Waals surface area contributed by atoms with Gasteiger partial charge in [-0.3, -0.25) is 4.98 Å². The molecule has 0 atom stereocenters. The van der Waals surface area contributed by atoms with Gasteiger partial charge in [0.1, 0.15) is 0 Å². The number of rotatable bonds is 0. The molecule has 0 spiro atoms. The first-order chi connectivity index (χ1) is 4.73. The maximum atomic E-state index is 4.97. The Morgan fingerprint density at radius 1 is 0.900 bits per heavy atom. The van der Waals surface area contributed by atoms with E-state index in [1.54, 1.807) is 12.4 Å². The molecule has 10 heavy (non-hydrogen) atoms. The zero-order chi connectivity index (χ0) is 7.82. The zero-order valence-corrected chi connectivity index (χ0v) is 9.46. The van der Waals surface area contributed by atoms with E-state index < -0.39 is 13.5 Å². The second-order valence-electron chi connectivity index (χ2n) is 1.17. The number of aromatic nitrogens is 1. The van der Waals surface area contributed by atoms with Crippen LogP contribution < -0.4 is 0 Å². The van der Waals surface area contributed by atoms with Gasteiger partial charge in [-0.2, -0.15) is 0 Å². The third-order valence-corrected chi connectivity index (χ3v) is 0.566. The number of nitrogens with zero attached hydrogens (tertiary/aromatic N) is 1. The minimum atomic E-state index is -1.92. The first-order valence-electron chi connectivity index (χ1n) is 2.23. The Bertz CT molecular complexity index is 117. The van der Waals surface area contributed by atoms with Gasteiger partial charge in [-0.1, -0.05) is 6.07 Å². The SMILES string of the molecule is [Cl][Ir]([Cl])[Cl].c1ccncc1. The van der Waals surface area contributed by atoms with Crippen molar-refractivity contribution in [3.8, 4) is 0 Å². The van der Waals surface area contributed by atoms with E-state index in [2.05, 4.69) is 4.98 Å². The summed E-state index contributed by atoms with van der Waals surface area (Å²) in [6.45, 7) is 0. The van der Waals surface area contributed by atoms with Crippen LogP contribution in [-0.2, 0) is 13.5 Å². The number of pyridine rings is 1. The Labute approximate surface area is 77.5 Å². The molecule has 5 heteroatoms. The molecule has 60 valence electrons. The normalized spacial score (nSPS) is 9.30. The summed E-state index contributed by atoms with van der Waals surface area (Å²) in [6.07, 6.45) is 3.50. The van der Waals surface area contributed by atoms with Gasteiger partial charge in [0.25, 0.3) is 0 Å². The fourth-order valence-electron chi connectivity index (χ4n) is 0.313. The largest absolute Gasteiger partial charge is 0.265 e. The summed E-state index contributed by atoms with van der Waals surface area (Å²) >= 11 is -1.92. The van der Waals surface area contributed by atoms with E-state index in [0.29, 0.717) is 0 Å². The molecule has 0 fully saturated rings. The van der Waals surface area contributed by atoms with Gasteiger partial charge in [-0.05, 0) is 12.1 Å². The molecule has 1 rings (SSSR count). The Morgan fingerprint density at radius 3 is 1.40 bits per heavy atom. The molecule has 0 unspecified atom stereocenters. The molecular formula is C5H5Cl3IrN. The third-order valence-electron chi connectivity index (χ3n) is 0.566. The molecular weight excluding hydrogens is 373 g/mol. The molecule has 0 radical (unpaired) electrons. The predicted molar refractivity (Wildman–Crippen MR) is 41.8 cm³/mol. The van der Waals surface area contributed by atoms with Crippen molar-refractivity contribution < 1.29 is 13.5 Å². The van der Waals surface area contributed by atoms with Crippen LogP contribution in [0, 0.1) is 0 Å². The molecule has 1 nitrogen and oxygen atoms in total. The Morgan fingerprint density at radius 2 is 1.30 bits per heavy atom. The minimum absolute atomic E-state index is 1.75. The maximum Gasteiger partial charge on any atom is 0.0267 e. The molecule has 0 amide bonds. The summed E-state index contributed by atoms with van der Waals surface area (Å²) in [5.41, 5.74) is 0. The van der Waals surface area contributed by atoms with Crippen LogP contribution >= 0.6 is 28.8 Å². The van der Waals surface area contributed by atoms with Crippen molar-refractivity contribution in [1.82, 2.24) is 4.98 Å². The second kappa shape index (κ2) is 7.77. The summed E-state index contributed by atoms with van der Waals surface area (Å²) in [4.78, 5) is 3.78. The second-order valence-corrected chi connectivity index (χ2v) is 11.5. The van der Waals surface area contributed by atoms with Crippen LogP contribution in [0.15, 0.2) is 30.6 Å².